The molecule has 0 spiro atoms. The zero-order valence-corrected chi connectivity index (χ0v) is 12.1. The molecule has 0 saturated carbocycles. The van der Waals surface area contributed by atoms with E-state index in [9.17, 15) is 14.0 Å². The summed E-state index contributed by atoms with van der Waals surface area (Å²) in [4.78, 5) is 27.2. The van der Waals surface area contributed by atoms with Crippen LogP contribution >= 0.6 is 0 Å². The Morgan fingerprint density at radius 3 is 2.50 bits per heavy atom. The van der Waals surface area contributed by atoms with Gasteiger partial charge in [0.25, 0.3) is 5.91 Å². The third-order valence-electron chi connectivity index (χ3n) is 3.52. The van der Waals surface area contributed by atoms with Gasteiger partial charge in [-0.15, -0.1) is 0 Å². The third kappa shape index (κ3) is 2.39. The number of hydrogen-bond acceptors (Lipinski definition) is 2. The number of hydrogen-bond donors (Lipinski definition) is 2. The van der Waals surface area contributed by atoms with E-state index in [0.29, 0.717) is 5.52 Å². The second-order valence-corrected chi connectivity index (χ2v) is 5.13. The molecule has 5 nitrogen and oxygen atoms in total. The lowest BCUT2D eigenvalue weighted by atomic mass is 10.2. The largest absolute Gasteiger partial charge is 0.350 e. The molecule has 22 heavy (non-hydrogen) atoms. The summed E-state index contributed by atoms with van der Waals surface area (Å²) in [5.74, 6) is -0.931. The van der Waals surface area contributed by atoms with Crippen LogP contribution in [0, 0.1) is 19.7 Å². The molecular weight excluding hydrogens is 285 g/mol. The minimum Gasteiger partial charge on any atom is -0.350 e. The molecule has 2 heterocycles. The van der Waals surface area contributed by atoms with Gasteiger partial charge in [0.05, 0.1) is 5.52 Å². The second kappa shape index (κ2) is 5.14. The van der Waals surface area contributed by atoms with Crippen molar-refractivity contribution < 1.29 is 9.18 Å². The highest BCUT2D eigenvalue weighted by Crippen LogP contribution is 2.11. The summed E-state index contributed by atoms with van der Waals surface area (Å²) >= 11 is 0. The average Bonchev–Trinajstić information content (AvgIpc) is 2.79. The number of nitrogens with zero attached hydrogens (tertiary/aromatic N) is 1. The summed E-state index contributed by atoms with van der Waals surface area (Å²) in [6.45, 7) is 3.72. The van der Waals surface area contributed by atoms with Gasteiger partial charge in [0.1, 0.15) is 11.5 Å². The lowest BCUT2D eigenvalue weighted by Gasteiger charge is -2.11. The zero-order chi connectivity index (χ0) is 15.9. The van der Waals surface area contributed by atoms with Crippen molar-refractivity contribution in [3.05, 3.63) is 69.5 Å². The monoisotopic (exact) mass is 299 g/mol. The zero-order valence-electron chi connectivity index (χ0n) is 12.1. The van der Waals surface area contributed by atoms with E-state index in [2.05, 4.69) is 10.4 Å². The molecule has 0 unspecified atom stereocenters. The highest BCUT2D eigenvalue weighted by atomic mass is 19.1. The van der Waals surface area contributed by atoms with Crippen LogP contribution in [-0.2, 0) is 0 Å². The molecule has 2 aromatic heterocycles. The van der Waals surface area contributed by atoms with Crippen LogP contribution in [-0.4, -0.2) is 15.6 Å². The van der Waals surface area contributed by atoms with Crippen molar-refractivity contribution in [2.24, 2.45) is 0 Å². The molecular formula is C16H14FN3O2. The SMILES string of the molecule is Cc1ccc(C)n1NC(=O)c1cc(=O)c2cc(F)ccc2[nH]1. The van der Waals surface area contributed by atoms with Crippen molar-refractivity contribution in [1.29, 1.82) is 0 Å². The second-order valence-electron chi connectivity index (χ2n) is 5.13. The molecule has 112 valence electrons. The van der Waals surface area contributed by atoms with Crippen LogP contribution in [0.4, 0.5) is 4.39 Å². The smallest absolute Gasteiger partial charge is 0.286 e. The Morgan fingerprint density at radius 2 is 1.82 bits per heavy atom. The summed E-state index contributed by atoms with van der Waals surface area (Å²) in [5, 5.41) is 0.213. The Morgan fingerprint density at radius 1 is 1.14 bits per heavy atom. The van der Waals surface area contributed by atoms with Gasteiger partial charge in [-0.1, -0.05) is 0 Å². The van der Waals surface area contributed by atoms with Crippen LogP contribution in [0.25, 0.3) is 10.9 Å². The lowest BCUT2D eigenvalue weighted by Crippen LogP contribution is -2.26. The number of H-pyrrole nitrogens is 1. The van der Waals surface area contributed by atoms with Gasteiger partial charge in [0.2, 0.25) is 0 Å². The van der Waals surface area contributed by atoms with Crippen molar-refractivity contribution in [1.82, 2.24) is 9.66 Å². The molecule has 3 aromatic rings. The molecule has 1 amide bonds. The number of aromatic nitrogens is 2. The maximum atomic E-state index is 13.2. The minimum absolute atomic E-state index is 0.122. The first kappa shape index (κ1) is 14.1. The van der Waals surface area contributed by atoms with E-state index in [0.717, 1.165) is 17.5 Å². The number of pyridine rings is 1. The van der Waals surface area contributed by atoms with Crippen LogP contribution in [0.1, 0.15) is 21.9 Å². The quantitative estimate of drug-likeness (QED) is 0.763. The molecule has 0 aliphatic carbocycles. The fraction of sp³-hybridized carbons (Fsp3) is 0.125. The number of benzene rings is 1. The highest BCUT2D eigenvalue weighted by Gasteiger charge is 2.12. The van der Waals surface area contributed by atoms with Gasteiger partial charge in [-0.3, -0.25) is 19.7 Å². The number of amides is 1. The normalized spacial score (nSPS) is 10.9. The van der Waals surface area contributed by atoms with E-state index >= 15 is 0 Å². The van der Waals surface area contributed by atoms with Crippen LogP contribution in [0.15, 0.2) is 41.2 Å². The van der Waals surface area contributed by atoms with Crippen molar-refractivity contribution >= 4 is 16.8 Å². The summed E-state index contributed by atoms with van der Waals surface area (Å²) in [6, 6.07) is 8.75. The van der Waals surface area contributed by atoms with Gasteiger partial charge >= 0.3 is 0 Å². The number of rotatable bonds is 2. The number of aromatic amines is 1. The molecule has 0 bridgehead atoms. The first-order valence-corrected chi connectivity index (χ1v) is 6.74. The molecule has 0 saturated heterocycles. The number of carbonyl (C=O) groups excluding carboxylic acids is 1. The lowest BCUT2D eigenvalue weighted by molar-refractivity contribution is 0.100. The predicted octanol–water partition coefficient (Wildman–Crippen LogP) is 2.47. The molecule has 1 aromatic carbocycles. The number of aryl methyl sites for hydroxylation is 2. The van der Waals surface area contributed by atoms with Gasteiger partial charge in [0, 0.05) is 22.8 Å². The third-order valence-corrected chi connectivity index (χ3v) is 3.52. The Hall–Kier alpha value is -2.89. The number of halogens is 1. The van der Waals surface area contributed by atoms with Gasteiger partial charge in [-0.05, 0) is 44.2 Å². The van der Waals surface area contributed by atoms with Gasteiger partial charge < -0.3 is 4.98 Å². The highest BCUT2D eigenvalue weighted by molar-refractivity contribution is 6.00. The van der Waals surface area contributed by atoms with Crippen LogP contribution in [0.2, 0.25) is 0 Å². The van der Waals surface area contributed by atoms with Crippen molar-refractivity contribution in [3.8, 4) is 0 Å². The van der Waals surface area contributed by atoms with Gasteiger partial charge in [-0.2, -0.15) is 0 Å². The van der Waals surface area contributed by atoms with Crippen LogP contribution < -0.4 is 10.9 Å². The predicted molar refractivity (Wildman–Crippen MR) is 82.1 cm³/mol. The topological polar surface area (TPSA) is 66.9 Å². The standard InChI is InChI=1S/C16H14FN3O2/c1-9-3-4-10(2)20(9)19-16(22)14-8-15(21)12-7-11(17)5-6-13(12)18-14/h3-8H,1-2H3,(H,18,21)(H,19,22). The molecule has 6 heteroatoms. The molecule has 0 radical (unpaired) electrons. The first-order chi connectivity index (χ1) is 10.5. The summed E-state index contributed by atoms with van der Waals surface area (Å²) in [5.41, 5.74) is 4.59. The Kier molecular flexibility index (Phi) is 3.29. The molecule has 0 aliphatic rings. The maximum absolute atomic E-state index is 13.2. The Bertz CT molecular complexity index is 921. The van der Waals surface area contributed by atoms with Gasteiger partial charge in [-0.25, -0.2) is 4.39 Å². The van der Waals surface area contributed by atoms with E-state index in [1.807, 2.05) is 26.0 Å². The summed E-state index contributed by atoms with van der Waals surface area (Å²) in [7, 11) is 0. The number of fused-ring (bicyclic) bond motifs is 1. The number of carbonyl (C=O) groups is 1. The van der Waals surface area contributed by atoms with Crippen LogP contribution in [0.3, 0.4) is 0 Å². The average molecular weight is 299 g/mol. The Labute approximate surface area is 125 Å². The van der Waals surface area contributed by atoms with Crippen molar-refractivity contribution in [2.45, 2.75) is 13.8 Å². The molecule has 3 rings (SSSR count). The van der Waals surface area contributed by atoms with E-state index < -0.39 is 17.2 Å². The fourth-order valence-electron chi connectivity index (χ4n) is 2.35. The van der Waals surface area contributed by atoms with E-state index in [-0.39, 0.29) is 11.1 Å². The maximum Gasteiger partial charge on any atom is 0.286 e. The van der Waals surface area contributed by atoms with E-state index in [1.165, 1.54) is 18.2 Å². The first-order valence-electron chi connectivity index (χ1n) is 6.74. The van der Waals surface area contributed by atoms with E-state index in [4.69, 9.17) is 0 Å². The van der Waals surface area contributed by atoms with Gasteiger partial charge in [0.15, 0.2) is 5.43 Å². The Balaban J connectivity index is 2.01. The molecule has 0 fully saturated rings. The molecule has 0 atom stereocenters. The van der Waals surface area contributed by atoms with E-state index in [1.54, 1.807) is 4.68 Å². The number of nitrogens with one attached hydrogen (secondary N) is 2. The minimum atomic E-state index is -0.492. The van der Waals surface area contributed by atoms with Crippen molar-refractivity contribution in [3.63, 3.8) is 0 Å². The molecule has 0 aliphatic heterocycles. The van der Waals surface area contributed by atoms with Crippen molar-refractivity contribution in [2.75, 3.05) is 5.43 Å². The molecule has 2 N–H and O–H groups in total. The summed E-state index contributed by atoms with van der Waals surface area (Å²) in [6.07, 6.45) is 0. The van der Waals surface area contributed by atoms with Crippen LogP contribution in [0.5, 0.6) is 0 Å². The summed E-state index contributed by atoms with van der Waals surface area (Å²) < 4.78 is 14.8. The fourth-order valence-corrected chi connectivity index (χ4v) is 2.35.